The highest BCUT2D eigenvalue weighted by atomic mass is 16.2. The summed E-state index contributed by atoms with van der Waals surface area (Å²) >= 11 is 0. The third-order valence-electron chi connectivity index (χ3n) is 6.14. The quantitative estimate of drug-likeness (QED) is 0.776. The first-order valence-electron chi connectivity index (χ1n) is 9.52. The van der Waals surface area contributed by atoms with Crippen molar-refractivity contribution in [2.24, 2.45) is 10.7 Å². The number of guanidine groups is 1. The Hall–Kier alpha value is -3.06. The fourth-order valence-electron chi connectivity index (χ4n) is 4.40. The van der Waals surface area contributed by atoms with Crippen molar-refractivity contribution in [3.8, 4) is 23.0 Å². The van der Waals surface area contributed by atoms with Gasteiger partial charge in [-0.2, -0.15) is 0 Å². The van der Waals surface area contributed by atoms with Gasteiger partial charge in [-0.25, -0.2) is 4.99 Å². The van der Waals surface area contributed by atoms with Gasteiger partial charge in [0.1, 0.15) is 0 Å². The predicted octanol–water partition coefficient (Wildman–Crippen LogP) is 3.76. The van der Waals surface area contributed by atoms with Crippen LogP contribution in [0.15, 0.2) is 41.4 Å². The molecule has 2 aliphatic rings. The van der Waals surface area contributed by atoms with Gasteiger partial charge in [-0.3, -0.25) is 9.69 Å². The molecule has 1 aliphatic carbocycles. The van der Waals surface area contributed by atoms with Crippen LogP contribution in [0.4, 0.5) is 0 Å². The van der Waals surface area contributed by atoms with Crippen LogP contribution < -0.4 is 5.73 Å². The van der Waals surface area contributed by atoms with Crippen molar-refractivity contribution in [1.29, 1.82) is 0 Å². The Balaban J connectivity index is 1.90. The van der Waals surface area contributed by atoms with Crippen LogP contribution in [0.25, 0.3) is 11.1 Å². The van der Waals surface area contributed by atoms with Gasteiger partial charge in [-0.1, -0.05) is 38.0 Å². The third kappa shape index (κ3) is 2.54. The Morgan fingerprint density at radius 2 is 1.71 bits per heavy atom. The van der Waals surface area contributed by atoms with Gasteiger partial charge < -0.3 is 5.73 Å². The number of rotatable bonds is 1. The number of aliphatic imine (C=N–C) groups is 1. The summed E-state index contributed by atoms with van der Waals surface area (Å²) in [5.74, 6) is 6.39. The minimum absolute atomic E-state index is 0.0169. The zero-order valence-corrected chi connectivity index (χ0v) is 17.1. The molecule has 28 heavy (non-hydrogen) atoms. The molecule has 0 fully saturated rings. The van der Waals surface area contributed by atoms with Crippen molar-refractivity contribution < 1.29 is 4.79 Å². The van der Waals surface area contributed by atoms with E-state index >= 15 is 0 Å². The summed E-state index contributed by atoms with van der Waals surface area (Å²) in [6, 6.07) is 12.9. The van der Waals surface area contributed by atoms with Gasteiger partial charge >= 0.3 is 0 Å². The Morgan fingerprint density at radius 1 is 1.07 bits per heavy atom. The van der Waals surface area contributed by atoms with Crippen molar-refractivity contribution in [3.63, 3.8) is 0 Å². The van der Waals surface area contributed by atoms with E-state index in [1.807, 2.05) is 13.8 Å². The molecule has 1 heterocycles. The summed E-state index contributed by atoms with van der Waals surface area (Å²) in [4.78, 5) is 18.5. The number of nitrogens with zero attached hydrogens (tertiary/aromatic N) is 2. The van der Waals surface area contributed by atoms with E-state index in [2.05, 4.69) is 67.1 Å². The second-order valence-electron chi connectivity index (χ2n) is 8.39. The van der Waals surface area contributed by atoms with E-state index in [1.54, 1.807) is 7.05 Å². The van der Waals surface area contributed by atoms with Crippen LogP contribution in [0.1, 0.15) is 56.4 Å². The fourth-order valence-corrected chi connectivity index (χ4v) is 4.40. The first-order valence-corrected chi connectivity index (χ1v) is 9.52. The van der Waals surface area contributed by atoms with Crippen LogP contribution in [0.3, 0.4) is 0 Å². The molecule has 1 atom stereocenters. The SMILES string of the molecule is CC#Cc1ccc2c(c1)-c1cc([C@]3(C)CC(=O)N(C)C(N)=N3)ccc1C2(C)C. The van der Waals surface area contributed by atoms with E-state index in [-0.39, 0.29) is 17.3 Å². The van der Waals surface area contributed by atoms with Crippen molar-refractivity contribution in [3.05, 3.63) is 58.7 Å². The monoisotopic (exact) mass is 371 g/mol. The van der Waals surface area contributed by atoms with Gasteiger partial charge in [-0.15, -0.1) is 5.92 Å². The minimum atomic E-state index is -0.656. The number of hydrogen-bond donors (Lipinski definition) is 1. The van der Waals surface area contributed by atoms with E-state index in [9.17, 15) is 4.79 Å². The lowest BCUT2D eigenvalue weighted by Crippen LogP contribution is -2.47. The smallest absolute Gasteiger partial charge is 0.231 e. The molecule has 0 bridgehead atoms. The molecule has 142 valence electrons. The molecule has 0 spiro atoms. The Kier molecular flexibility index (Phi) is 3.90. The maximum atomic E-state index is 12.4. The van der Waals surface area contributed by atoms with Gasteiger partial charge in [0.25, 0.3) is 0 Å². The number of fused-ring (bicyclic) bond motifs is 3. The Morgan fingerprint density at radius 3 is 2.36 bits per heavy atom. The first-order chi connectivity index (χ1) is 13.2. The largest absolute Gasteiger partial charge is 0.369 e. The molecular formula is C24H25N3O. The van der Waals surface area contributed by atoms with E-state index in [0.29, 0.717) is 6.42 Å². The van der Waals surface area contributed by atoms with Crippen LogP contribution in [0.5, 0.6) is 0 Å². The zero-order valence-electron chi connectivity index (χ0n) is 17.1. The zero-order chi connectivity index (χ0) is 20.3. The maximum Gasteiger partial charge on any atom is 0.231 e. The molecule has 2 aromatic rings. The highest BCUT2D eigenvalue weighted by Crippen LogP contribution is 2.50. The van der Waals surface area contributed by atoms with Crippen LogP contribution in [-0.2, 0) is 15.7 Å². The molecule has 1 aliphatic heterocycles. The van der Waals surface area contributed by atoms with E-state index in [4.69, 9.17) is 5.73 Å². The summed E-state index contributed by atoms with van der Waals surface area (Å²) < 4.78 is 0. The molecule has 4 rings (SSSR count). The Bertz CT molecular complexity index is 1100. The lowest BCUT2D eigenvalue weighted by molar-refractivity contribution is -0.128. The van der Waals surface area contributed by atoms with E-state index in [0.717, 1.165) is 11.1 Å². The number of carbonyl (C=O) groups excluding carboxylic acids is 1. The molecule has 0 saturated heterocycles. The second-order valence-corrected chi connectivity index (χ2v) is 8.39. The number of hydrogen-bond acceptors (Lipinski definition) is 3. The minimum Gasteiger partial charge on any atom is -0.369 e. The van der Waals surface area contributed by atoms with Crippen molar-refractivity contribution in [1.82, 2.24) is 4.90 Å². The van der Waals surface area contributed by atoms with E-state index in [1.165, 1.54) is 27.2 Å². The molecule has 0 saturated carbocycles. The predicted molar refractivity (Wildman–Crippen MR) is 113 cm³/mol. The molecule has 0 unspecified atom stereocenters. The standard InChI is InChI=1S/C24H25N3O/c1-6-7-15-8-10-19-17(12-15)18-13-16(9-11-20(18)23(19,2)3)24(4)14-21(28)27(5)22(25)26-24/h8-13H,14H2,1-5H3,(H2,25,26)/t24-/m0/s1. The van der Waals surface area contributed by atoms with Gasteiger partial charge in [0.15, 0.2) is 5.96 Å². The normalized spacial score (nSPS) is 22.1. The summed E-state index contributed by atoms with van der Waals surface area (Å²) in [5.41, 5.74) is 12.3. The molecular weight excluding hydrogens is 346 g/mol. The molecule has 4 nitrogen and oxygen atoms in total. The van der Waals surface area contributed by atoms with Crippen molar-refractivity contribution in [2.75, 3.05) is 7.05 Å². The highest BCUT2D eigenvalue weighted by Gasteiger charge is 2.39. The topological polar surface area (TPSA) is 58.7 Å². The number of benzene rings is 2. The first kappa shape index (κ1) is 18.3. The lowest BCUT2D eigenvalue weighted by Gasteiger charge is -2.34. The molecule has 2 aromatic carbocycles. The van der Waals surface area contributed by atoms with Crippen LogP contribution in [-0.4, -0.2) is 23.8 Å². The average molecular weight is 371 g/mol. The summed E-state index contributed by atoms with van der Waals surface area (Å²) in [5, 5.41) is 0. The van der Waals surface area contributed by atoms with Gasteiger partial charge in [0.2, 0.25) is 5.91 Å². The molecule has 0 aromatic heterocycles. The molecule has 4 heteroatoms. The molecule has 1 amide bonds. The molecule has 2 N–H and O–H groups in total. The van der Waals surface area contributed by atoms with Gasteiger partial charge in [0, 0.05) is 18.0 Å². The molecule has 0 radical (unpaired) electrons. The van der Waals surface area contributed by atoms with Gasteiger partial charge in [-0.05, 0) is 59.9 Å². The van der Waals surface area contributed by atoms with Crippen molar-refractivity contribution >= 4 is 11.9 Å². The average Bonchev–Trinajstić information content (AvgIpc) is 2.87. The highest BCUT2D eigenvalue weighted by molar-refractivity contribution is 5.99. The number of carbonyl (C=O) groups is 1. The third-order valence-corrected chi connectivity index (χ3v) is 6.14. The Labute approximate surface area is 166 Å². The summed E-state index contributed by atoms with van der Waals surface area (Å²) in [7, 11) is 1.67. The maximum absolute atomic E-state index is 12.4. The second kappa shape index (κ2) is 5.97. The fraction of sp³-hybridized carbons (Fsp3) is 0.333. The summed E-state index contributed by atoms with van der Waals surface area (Å²) in [6.07, 6.45) is 0.306. The van der Waals surface area contributed by atoms with Crippen molar-refractivity contribution in [2.45, 2.75) is 45.1 Å². The van der Waals surface area contributed by atoms with Crippen LogP contribution >= 0.6 is 0 Å². The van der Waals surface area contributed by atoms with Crippen LogP contribution in [0.2, 0.25) is 0 Å². The van der Waals surface area contributed by atoms with E-state index < -0.39 is 5.54 Å². The van der Waals surface area contributed by atoms with Gasteiger partial charge in [0.05, 0.1) is 12.0 Å². The lowest BCUT2D eigenvalue weighted by atomic mass is 9.80. The number of nitrogens with two attached hydrogens (primary N) is 1. The van der Waals surface area contributed by atoms with Crippen LogP contribution in [0, 0.1) is 11.8 Å². The summed E-state index contributed by atoms with van der Waals surface area (Å²) in [6.45, 7) is 8.33. The number of amides is 1.